The van der Waals surface area contributed by atoms with E-state index in [0.717, 1.165) is 19.4 Å². The second kappa shape index (κ2) is 7.44. The number of benzene rings is 1. The fourth-order valence-electron chi connectivity index (χ4n) is 2.11. The van der Waals surface area contributed by atoms with E-state index in [1.807, 2.05) is 0 Å². The first kappa shape index (κ1) is 18.2. The summed E-state index contributed by atoms with van der Waals surface area (Å²) in [6, 6.07) is 0.582. The van der Waals surface area contributed by atoms with Crippen LogP contribution >= 0.6 is 12.4 Å². The zero-order valence-electron chi connectivity index (χ0n) is 11.0. The Bertz CT molecular complexity index is 592. The fraction of sp³-hybridized carbons (Fsp3) is 0.500. The minimum Gasteiger partial charge on any atom is -0.316 e. The molecule has 1 atom stereocenters. The molecule has 9 heteroatoms. The molecule has 21 heavy (non-hydrogen) atoms. The maximum absolute atomic E-state index is 13.5. The molecule has 0 radical (unpaired) electrons. The molecule has 1 aromatic carbocycles. The van der Waals surface area contributed by atoms with E-state index in [9.17, 15) is 21.6 Å². The van der Waals surface area contributed by atoms with Crippen LogP contribution in [0.4, 0.5) is 13.2 Å². The van der Waals surface area contributed by atoms with Crippen molar-refractivity contribution in [2.24, 2.45) is 5.92 Å². The van der Waals surface area contributed by atoms with Gasteiger partial charge in [-0.05, 0) is 37.9 Å². The molecular weight excluding hydrogens is 329 g/mol. The summed E-state index contributed by atoms with van der Waals surface area (Å²) in [5.74, 6) is -4.02. The van der Waals surface area contributed by atoms with Crippen molar-refractivity contribution < 1.29 is 21.6 Å². The predicted octanol–water partition coefficient (Wildman–Crippen LogP) is 1.80. The van der Waals surface area contributed by atoms with E-state index in [1.54, 1.807) is 0 Å². The Morgan fingerprint density at radius 3 is 2.48 bits per heavy atom. The van der Waals surface area contributed by atoms with Gasteiger partial charge in [0.2, 0.25) is 10.0 Å². The van der Waals surface area contributed by atoms with Crippen LogP contribution in [0.15, 0.2) is 17.0 Å². The highest BCUT2D eigenvalue weighted by Gasteiger charge is 2.23. The zero-order chi connectivity index (χ0) is 14.8. The molecule has 2 N–H and O–H groups in total. The van der Waals surface area contributed by atoms with E-state index in [-0.39, 0.29) is 30.9 Å². The van der Waals surface area contributed by atoms with E-state index >= 15 is 0 Å². The first-order valence-electron chi connectivity index (χ1n) is 6.25. The highest BCUT2D eigenvalue weighted by Crippen LogP contribution is 2.19. The normalized spacial score (nSPS) is 19.1. The minimum atomic E-state index is -4.19. The molecule has 120 valence electrons. The van der Waals surface area contributed by atoms with E-state index < -0.39 is 32.4 Å². The van der Waals surface area contributed by atoms with E-state index in [0.29, 0.717) is 12.6 Å². The van der Waals surface area contributed by atoms with Gasteiger partial charge in [-0.15, -0.1) is 12.4 Å². The van der Waals surface area contributed by atoms with Crippen LogP contribution in [0.25, 0.3) is 0 Å². The fourth-order valence-corrected chi connectivity index (χ4v) is 3.30. The Morgan fingerprint density at radius 1 is 1.19 bits per heavy atom. The average Bonchev–Trinajstić information content (AvgIpc) is 2.42. The van der Waals surface area contributed by atoms with Gasteiger partial charge in [0.15, 0.2) is 11.6 Å². The van der Waals surface area contributed by atoms with Crippen molar-refractivity contribution in [1.29, 1.82) is 0 Å². The topological polar surface area (TPSA) is 58.2 Å². The van der Waals surface area contributed by atoms with Gasteiger partial charge in [-0.2, -0.15) is 0 Å². The third-order valence-electron chi connectivity index (χ3n) is 3.23. The summed E-state index contributed by atoms with van der Waals surface area (Å²) in [5, 5.41) is 3.12. The Labute approximate surface area is 127 Å². The standard InChI is InChI=1S/C12H15F3N2O2S.ClH/c13-9-4-11(15)12(5-10(9)14)20(18,19)17-7-8-2-1-3-16-6-8;/h4-5,8,16-17H,1-3,6-7H2;1H. The Morgan fingerprint density at radius 2 is 1.86 bits per heavy atom. The summed E-state index contributed by atoms with van der Waals surface area (Å²) in [6.07, 6.45) is 1.79. The summed E-state index contributed by atoms with van der Waals surface area (Å²) in [6.45, 7) is 1.69. The molecule has 1 unspecified atom stereocenters. The highest BCUT2D eigenvalue weighted by atomic mass is 35.5. The van der Waals surface area contributed by atoms with Gasteiger partial charge in [-0.3, -0.25) is 0 Å². The van der Waals surface area contributed by atoms with E-state index in [2.05, 4.69) is 10.0 Å². The van der Waals surface area contributed by atoms with Gasteiger partial charge < -0.3 is 5.32 Å². The maximum Gasteiger partial charge on any atom is 0.243 e. The van der Waals surface area contributed by atoms with Crippen LogP contribution in [-0.4, -0.2) is 28.1 Å². The molecule has 0 amide bonds. The minimum absolute atomic E-state index is 0. The lowest BCUT2D eigenvalue weighted by molar-refractivity contribution is 0.375. The number of hydrogen-bond acceptors (Lipinski definition) is 3. The van der Waals surface area contributed by atoms with E-state index in [4.69, 9.17) is 0 Å². The van der Waals surface area contributed by atoms with Crippen molar-refractivity contribution >= 4 is 22.4 Å². The molecule has 1 aliphatic rings. The molecular formula is C12H16ClF3N2O2S. The largest absolute Gasteiger partial charge is 0.316 e. The lowest BCUT2D eigenvalue weighted by Gasteiger charge is -2.22. The third-order valence-corrected chi connectivity index (χ3v) is 4.66. The zero-order valence-corrected chi connectivity index (χ0v) is 12.7. The summed E-state index contributed by atoms with van der Waals surface area (Å²) in [4.78, 5) is -0.875. The summed E-state index contributed by atoms with van der Waals surface area (Å²) < 4.78 is 65.3. The number of sulfonamides is 1. The smallest absolute Gasteiger partial charge is 0.243 e. The summed E-state index contributed by atoms with van der Waals surface area (Å²) >= 11 is 0. The highest BCUT2D eigenvalue weighted by molar-refractivity contribution is 7.89. The Balaban J connectivity index is 0.00000220. The number of nitrogens with one attached hydrogen (secondary N) is 2. The van der Waals surface area contributed by atoms with Crippen molar-refractivity contribution in [2.75, 3.05) is 19.6 Å². The van der Waals surface area contributed by atoms with Gasteiger partial charge in [0.25, 0.3) is 0 Å². The quantitative estimate of drug-likeness (QED) is 0.819. The monoisotopic (exact) mass is 344 g/mol. The van der Waals surface area contributed by atoms with Crippen LogP contribution in [0.1, 0.15) is 12.8 Å². The second-order valence-electron chi connectivity index (χ2n) is 4.76. The van der Waals surface area contributed by atoms with Crippen molar-refractivity contribution in [3.05, 3.63) is 29.6 Å². The summed E-state index contributed by atoms with van der Waals surface area (Å²) in [5.41, 5.74) is 0. The SMILES string of the molecule is Cl.O=S(=O)(NCC1CCCNC1)c1cc(F)c(F)cc1F. The van der Waals surface area contributed by atoms with Crippen molar-refractivity contribution in [3.8, 4) is 0 Å². The first-order valence-corrected chi connectivity index (χ1v) is 7.73. The number of rotatable bonds is 4. The van der Waals surface area contributed by atoms with Gasteiger partial charge >= 0.3 is 0 Å². The molecule has 1 aliphatic heterocycles. The van der Waals surface area contributed by atoms with Gasteiger partial charge in [0.05, 0.1) is 0 Å². The molecule has 1 aromatic rings. The second-order valence-corrected chi connectivity index (χ2v) is 6.50. The van der Waals surface area contributed by atoms with Crippen molar-refractivity contribution in [3.63, 3.8) is 0 Å². The molecule has 0 saturated carbocycles. The van der Waals surface area contributed by atoms with Crippen LogP contribution in [0.3, 0.4) is 0 Å². The third kappa shape index (κ3) is 4.57. The van der Waals surface area contributed by atoms with Gasteiger partial charge in [-0.1, -0.05) is 0 Å². The number of piperidine rings is 1. The molecule has 0 aliphatic carbocycles. The number of halogens is 4. The molecule has 1 heterocycles. The van der Waals surface area contributed by atoms with Crippen LogP contribution in [-0.2, 0) is 10.0 Å². The van der Waals surface area contributed by atoms with Crippen molar-refractivity contribution in [2.45, 2.75) is 17.7 Å². The van der Waals surface area contributed by atoms with Crippen LogP contribution < -0.4 is 10.0 Å². The van der Waals surface area contributed by atoms with Crippen molar-refractivity contribution in [1.82, 2.24) is 10.0 Å². The first-order chi connectivity index (χ1) is 9.40. The molecule has 1 fully saturated rings. The Kier molecular flexibility index (Phi) is 6.45. The lowest BCUT2D eigenvalue weighted by Crippen LogP contribution is -2.38. The van der Waals surface area contributed by atoms with Crippen LogP contribution in [0.5, 0.6) is 0 Å². The average molecular weight is 345 g/mol. The maximum atomic E-state index is 13.5. The number of hydrogen-bond donors (Lipinski definition) is 2. The lowest BCUT2D eigenvalue weighted by atomic mass is 10.0. The molecule has 2 rings (SSSR count). The van der Waals surface area contributed by atoms with Gasteiger partial charge in [0, 0.05) is 12.6 Å². The molecule has 0 spiro atoms. The van der Waals surface area contributed by atoms with Gasteiger partial charge in [-0.25, -0.2) is 26.3 Å². The van der Waals surface area contributed by atoms with Crippen LogP contribution in [0.2, 0.25) is 0 Å². The molecule has 1 saturated heterocycles. The summed E-state index contributed by atoms with van der Waals surface area (Å²) in [7, 11) is -4.19. The van der Waals surface area contributed by atoms with Crippen LogP contribution in [0, 0.1) is 23.4 Å². The predicted molar refractivity (Wildman–Crippen MR) is 74.3 cm³/mol. The van der Waals surface area contributed by atoms with Gasteiger partial charge in [0.1, 0.15) is 10.7 Å². The molecule has 0 bridgehead atoms. The van der Waals surface area contributed by atoms with E-state index in [1.165, 1.54) is 0 Å². The Hall–Kier alpha value is -0.830. The molecule has 4 nitrogen and oxygen atoms in total. The molecule has 0 aromatic heterocycles.